The number of hydrogen-bond acceptors (Lipinski definition) is 6. The van der Waals surface area contributed by atoms with Gasteiger partial charge in [0, 0.05) is 18.9 Å². The molecule has 0 radical (unpaired) electrons. The minimum Gasteiger partial charge on any atom is -0.355 e. The Morgan fingerprint density at radius 2 is 2.28 bits per heavy atom. The molecule has 1 aromatic carbocycles. The summed E-state index contributed by atoms with van der Waals surface area (Å²) in [6.45, 7) is 2.54. The van der Waals surface area contributed by atoms with E-state index >= 15 is 0 Å². The summed E-state index contributed by atoms with van der Waals surface area (Å²) < 4.78 is 5.20. The van der Waals surface area contributed by atoms with Gasteiger partial charge < -0.3 is 14.8 Å². The van der Waals surface area contributed by atoms with Crippen molar-refractivity contribution in [1.29, 1.82) is 0 Å². The first kappa shape index (κ1) is 16.1. The average Bonchev–Trinajstić information content (AvgIpc) is 3.20. The van der Waals surface area contributed by atoms with Crippen molar-refractivity contribution < 1.29 is 9.32 Å². The lowest BCUT2D eigenvalue weighted by Crippen LogP contribution is -2.27. The van der Waals surface area contributed by atoms with E-state index in [1.165, 1.54) is 17.3 Å². The standard InChI is InChI=1S/C17H19N5O2S/c1-10-2-5-12-13(8-10)20-17(19-12)25-9-15(23)18-7-6-14-21-16(24-22-14)11-3-4-11/h2,5,8,11H,3-4,6-7,9H2,1H3,(H,18,23)(H,19,20). The maximum atomic E-state index is 12.0. The fourth-order valence-electron chi connectivity index (χ4n) is 2.53. The molecule has 2 heterocycles. The summed E-state index contributed by atoms with van der Waals surface area (Å²) >= 11 is 1.39. The molecule has 2 N–H and O–H groups in total. The monoisotopic (exact) mass is 357 g/mol. The summed E-state index contributed by atoms with van der Waals surface area (Å²) in [7, 11) is 0. The lowest BCUT2D eigenvalue weighted by molar-refractivity contribution is -0.118. The minimum absolute atomic E-state index is 0.0347. The number of nitrogens with zero attached hydrogens (tertiary/aromatic N) is 3. The molecule has 1 aliphatic rings. The topological polar surface area (TPSA) is 96.7 Å². The third-order valence-electron chi connectivity index (χ3n) is 4.04. The SMILES string of the molecule is Cc1ccc2nc(SCC(=O)NCCc3noc(C4CC4)n3)[nH]c2c1. The van der Waals surface area contributed by atoms with Crippen molar-refractivity contribution in [1.82, 2.24) is 25.4 Å². The second-order valence-corrected chi connectivity index (χ2v) is 7.24. The molecular formula is C17H19N5O2S. The number of imidazole rings is 1. The molecule has 0 aliphatic heterocycles. The van der Waals surface area contributed by atoms with Gasteiger partial charge >= 0.3 is 0 Å². The molecule has 1 amide bonds. The number of hydrogen-bond donors (Lipinski definition) is 2. The van der Waals surface area contributed by atoms with Crippen LogP contribution in [0.2, 0.25) is 0 Å². The summed E-state index contributed by atoms with van der Waals surface area (Å²) in [6, 6.07) is 6.05. The molecule has 2 aromatic heterocycles. The van der Waals surface area contributed by atoms with Gasteiger partial charge in [0.05, 0.1) is 16.8 Å². The zero-order valence-electron chi connectivity index (χ0n) is 13.9. The van der Waals surface area contributed by atoms with E-state index < -0.39 is 0 Å². The van der Waals surface area contributed by atoms with E-state index in [0.717, 1.165) is 34.9 Å². The highest BCUT2D eigenvalue weighted by atomic mass is 32.2. The quantitative estimate of drug-likeness (QED) is 0.631. The molecule has 0 atom stereocenters. The van der Waals surface area contributed by atoms with Crippen molar-refractivity contribution in [3.63, 3.8) is 0 Å². The van der Waals surface area contributed by atoms with E-state index in [1.54, 1.807) is 0 Å². The fourth-order valence-corrected chi connectivity index (χ4v) is 3.25. The van der Waals surface area contributed by atoms with Gasteiger partial charge in [-0.3, -0.25) is 4.79 Å². The Hall–Kier alpha value is -2.35. The van der Waals surface area contributed by atoms with Crippen LogP contribution in [0.3, 0.4) is 0 Å². The van der Waals surface area contributed by atoms with Crippen LogP contribution in [0.5, 0.6) is 0 Å². The van der Waals surface area contributed by atoms with Crippen LogP contribution < -0.4 is 5.32 Å². The number of aryl methyl sites for hydroxylation is 1. The molecule has 7 nitrogen and oxygen atoms in total. The van der Waals surface area contributed by atoms with Crippen LogP contribution in [-0.4, -0.2) is 38.3 Å². The Morgan fingerprint density at radius 3 is 3.12 bits per heavy atom. The first-order chi connectivity index (χ1) is 12.2. The van der Waals surface area contributed by atoms with Gasteiger partial charge in [0.15, 0.2) is 11.0 Å². The van der Waals surface area contributed by atoms with Crippen molar-refractivity contribution in [3.05, 3.63) is 35.5 Å². The number of H-pyrrole nitrogens is 1. The highest BCUT2D eigenvalue weighted by Crippen LogP contribution is 2.38. The molecule has 4 rings (SSSR count). The van der Waals surface area contributed by atoms with Gasteiger partial charge in [-0.25, -0.2) is 4.98 Å². The zero-order chi connectivity index (χ0) is 17.2. The van der Waals surface area contributed by atoms with Crippen molar-refractivity contribution in [2.24, 2.45) is 0 Å². The van der Waals surface area contributed by atoms with Gasteiger partial charge in [0.2, 0.25) is 11.8 Å². The van der Waals surface area contributed by atoms with E-state index in [9.17, 15) is 4.79 Å². The summed E-state index contributed by atoms with van der Waals surface area (Å²) in [6.07, 6.45) is 2.85. The van der Waals surface area contributed by atoms with Crippen LogP contribution in [0.25, 0.3) is 11.0 Å². The van der Waals surface area contributed by atoms with E-state index in [0.29, 0.717) is 30.5 Å². The molecule has 0 unspecified atom stereocenters. The van der Waals surface area contributed by atoms with Crippen LogP contribution >= 0.6 is 11.8 Å². The maximum absolute atomic E-state index is 12.0. The number of carbonyl (C=O) groups is 1. The Bertz CT molecular complexity index is 899. The van der Waals surface area contributed by atoms with E-state index in [2.05, 4.69) is 25.4 Å². The second-order valence-electron chi connectivity index (χ2n) is 6.27. The number of aromatic nitrogens is 4. The molecule has 130 valence electrons. The molecule has 1 fully saturated rings. The molecule has 25 heavy (non-hydrogen) atoms. The molecule has 0 saturated heterocycles. The first-order valence-electron chi connectivity index (χ1n) is 8.36. The van der Waals surface area contributed by atoms with Crippen LogP contribution in [0.15, 0.2) is 27.9 Å². The van der Waals surface area contributed by atoms with Gasteiger partial charge in [-0.1, -0.05) is 23.0 Å². The molecule has 1 saturated carbocycles. The maximum Gasteiger partial charge on any atom is 0.230 e. The average molecular weight is 357 g/mol. The number of thioether (sulfide) groups is 1. The third-order valence-corrected chi connectivity index (χ3v) is 4.91. The lowest BCUT2D eigenvalue weighted by atomic mass is 10.2. The Balaban J connectivity index is 1.22. The van der Waals surface area contributed by atoms with Crippen LogP contribution in [0.1, 0.15) is 36.0 Å². The van der Waals surface area contributed by atoms with E-state index in [1.807, 2.05) is 25.1 Å². The summed E-state index contributed by atoms with van der Waals surface area (Å²) in [5, 5.41) is 7.57. The Labute approximate surface area is 149 Å². The predicted octanol–water partition coefficient (Wildman–Crippen LogP) is 2.58. The van der Waals surface area contributed by atoms with Crippen molar-refractivity contribution >= 4 is 28.7 Å². The highest BCUT2D eigenvalue weighted by molar-refractivity contribution is 7.99. The lowest BCUT2D eigenvalue weighted by Gasteiger charge is -2.01. The smallest absolute Gasteiger partial charge is 0.230 e. The van der Waals surface area contributed by atoms with E-state index in [4.69, 9.17) is 4.52 Å². The number of carbonyl (C=O) groups excluding carboxylic acids is 1. The summed E-state index contributed by atoms with van der Waals surface area (Å²) in [5.41, 5.74) is 3.08. The molecule has 0 spiro atoms. The third kappa shape index (κ3) is 4.01. The number of aromatic amines is 1. The van der Waals surface area contributed by atoms with Crippen molar-refractivity contribution in [2.45, 2.75) is 37.3 Å². The predicted molar refractivity (Wildman–Crippen MR) is 94.5 cm³/mol. The summed E-state index contributed by atoms with van der Waals surface area (Å²) in [5.74, 6) is 2.13. The normalized spacial score (nSPS) is 14.1. The van der Waals surface area contributed by atoms with Crippen molar-refractivity contribution in [3.8, 4) is 0 Å². The molecular weight excluding hydrogens is 338 g/mol. The number of amides is 1. The zero-order valence-corrected chi connectivity index (χ0v) is 14.7. The highest BCUT2D eigenvalue weighted by Gasteiger charge is 2.29. The number of fused-ring (bicyclic) bond motifs is 1. The number of rotatable bonds is 7. The Morgan fingerprint density at radius 1 is 1.40 bits per heavy atom. The second kappa shape index (κ2) is 6.87. The van der Waals surface area contributed by atoms with Gasteiger partial charge in [0.1, 0.15) is 0 Å². The van der Waals surface area contributed by atoms with Gasteiger partial charge in [-0.05, 0) is 37.5 Å². The van der Waals surface area contributed by atoms with Crippen LogP contribution in [0, 0.1) is 6.92 Å². The first-order valence-corrected chi connectivity index (χ1v) is 9.34. The van der Waals surface area contributed by atoms with E-state index in [-0.39, 0.29) is 5.91 Å². The van der Waals surface area contributed by atoms with Crippen LogP contribution in [-0.2, 0) is 11.2 Å². The fraction of sp³-hybridized carbons (Fsp3) is 0.412. The number of benzene rings is 1. The minimum atomic E-state index is -0.0347. The van der Waals surface area contributed by atoms with Crippen LogP contribution in [0.4, 0.5) is 0 Å². The summed E-state index contributed by atoms with van der Waals surface area (Å²) in [4.78, 5) is 24.0. The van der Waals surface area contributed by atoms with Gasteiger partial charge in [-0.2, -0.15) is 4.98 Å². The molecule has 0 bridgehead atoms. The van der Waals surface area contributed by atoms with Gasteiger partial charge in [-0.15, -0.1) is 0 Å². The number of nitrogens with one attached hydrogen (secondary N) is 2. The molecule has 1 aliphatic carbocycles. The Kier molecular flexibility index (Phi) is 4.44. The largest absolute Gasteiger partial charge is 0.355 e. The molecule has 8 heteroatoms. The van der Waals surface area contributed by atoms with Gasteiger partial charge in [0.25, 0.3) is 0 Å². The van der Waals surface area contributed by atoms with Crippen molar-refractivity contribution in [2.75, 3.05) is 12.3 Å². The molecule has 3 aromatic rings.